The molecule has 0 saturated heterocycles. The molecule has 2 aromatic rings. The zero-order valence-electron chi connectivity index (χ0n) is 21.6. The zero-order chi connectivity index (χ0) is 25.6. The number of aryl methyl sites for hydroxylation is 1. The number of hydrogen-bond acceptors (Lipinski definition) is 4. The van der Waals surface area contributed by atoms with Gasteiger partial charge in [-0.05, 0) is 63.2 Å². The molecule has 1 aliphatic rings. The molecule has 0 heterocycles. The molecule has 1 N–H and O–H groups in total. The lowest BCUT2D eigenvalue weighted by molar-refractivity contribution is -0.137. The minimum absolute atomic E-state index is 0.103. The molecular formula is C31H41NO4. The third kappa shape index (κ3) is 9.36. The van der Waals surface area contributed by atoms with Crippen LogP contribution < -0.4 is 0 Å². The van der Waals surface area contributed by atoms with E-state index in [9.17, 15) is 9.59 Å². The Morgan fingerprint density at radius 3 is 2.36 bits per heavy atom. The lowest BCUT2D eigenvalue weighted by Crippen LogP contribution is -2.41. The molecule has 0 aromatic heterocycles. The summed E-state index contributed by atoms with van der Waals surface area (Å²) in [6.45, 7) is 1.41. The predicted octanol–water partition coefficient (Wildman–Crippen LogP) is 6.08. The highest BCUT2D eigenvalue weighted by atomic mass is 16.5. The van der Waals surface area contributed by atoms with Crippen molar-refractivity contribution in [2.75, 3.05) is 13.6 Å². The van der Waals surface area contributed by atoms with E-state index in [4.69, 9.17) is 9.84 Å². The first kappa shape index (κ1) is 27.8. The van der Waals surface area contributed by atoms with E-state index in [1.54, 1.807) is 0 Å². The van der Waals surface area contributed by atoms with Gasteiger partial charge in [0, 0.05) is 18.8 Å². The number of carboxylic acids is 1. The lowest BCUT2D eigenvalue weighted by Gasteiger charge is -2.30. The minimum atomic E-state index is -0.760. The number of unbranched alkanes of at least 4 members (excludes halogenated alkanes) is 3. The number of nitrogens with zero attached hydrogens (tertiary/aromatic N) is 1. The van der Waals surface area contributed by atoms with Crippen LogP contribution in [0.25, 0.3) is 0 Å². The number of hydrogen-bond donors (Lipinski definition) is 1. The van der Waals surface area contributed by atoms with Crippen LogP contribution in [-0.4, -0.2) is 47.5 Å². The van der Waals surface area contributed by atoms with Crippen molar-refractivity contribution in [3.8, 4) is 0 Å². The number of likely N-dealkylation sites (N-methyl/N-ethyl adjacent to an activating group) is 1. The summed E-state index contributed by atoms with van der Waals surface area (Å²) in [4.78, 5) is 26.1. The molecule has 0 aliphatic heterocycles. The van der Waals surface area contributed by atoms with Crippen LogP contribution in [0.5, 0.6) is 0 Å². The summed E-state index contributed by atoms with van der Waals surface area (Å²) in [7, 11) is 2.07. The van der Waals surface area contributed by atoms with Crippen LogP contribution >= 0.6 is 0 Å². The average Bonchev–Trinajstić information content (AvgIpc) is 3.20. The van der Waals surface area contributed by atoms with Crippen LogP contribution in [0.3, 0.4) is 0 Å². The summed E-state index contributed by atoms with van der Waals surface area (Å²) in [5.41, 5.74) is 2.49. The van der Waals surface area contributed by atoms with Gasteiger partial charge in [0.05, 0.1) is 18.8 Å². The van der Waals surface area contributed by atoms with Gasteiger partial charge in [-0.25, -0.2) is 0 Å². The monoisotopic (exact) mass is 491 g/mol. The number of ether oxygens (including phenoxy) is 1. The van der Waals surface area contributed by atoms with Gasteiger partial charge >= 0.3 is 5.97 Å². The maximum atomic E-state index is 13.1. The number of aliphatic carboxylic acids is 1. The van der Waals surface area contributed by atoms with E-state index >= 15 is 0 Å². The molecule has 36 heavy (non-hydrogen) atoms. The van der Waals surface area contributed by atoms with E-state index in [-0.39, 0.29) is 30.3 Å². The van der Waals surface area contributed by atoms with Crippen LogP contribution in [0.4, 0.5) is 0 Å². The van der Waals surface area contributed by atoms with E-state index in [1.165, 1.54) is 5.56 Å². The Morgan fingerprint density at radius 1 is 0.972 bits per heavy atom. The van der Waals surface area contributed by atoms with Gasteiger partial charge in [-0.3, -0.25) is 14.5 Å². The van der Waals surface area contributed by atoms with Gasteiger partial charge in [-0.1, -0.05) is 79.2 Å². The molecule has 0 bridgehead atoms. The molecule has 1 fully saturated rings. The van der Waals surface area contributed by atoms with E-state index in [0.717, 1.165) is 50.6 Å². The van der Waals surface area contributed by atoms with Crippen molar-refractivity contribution >= 4 is 11.8 Å². The number of carbonyl (C=O) groups excluding carboxylic acids is 1. The van der Waals surface area contributed by atoms with Gasteiger partial charge in [-0.2, -0.15) is 0 Å². The number of Topliss-reactive ketones (excluding diaryl/α,β-unsaturated/α-hetero) is 1. The standard InChI is InChI=1S/C31H41NO4/c1-32(22-14-6-11-17-25-15-7-4-8-16-25)31-27(20-12-2-3-13-21-30(34)35)29(23-28(31)33)36-24-26-18-9-5-10-19-26/h2,4-5,7-10,12,15-16,18-19,27,29,31H,3,6,11,13-14,17,20-24H2,1H3,(H,34,35)/b12-2-/t27-,29-,31+/m1/s1. The van der Waals surface area contributed by atoms with Crippen LogP contribution in [0.15, 0.2) is 72.8 Å². The minimum Gasteiger partial charge on any atom is -0.481 e. The summed E-state index contributed by atoms with van der Waals surface area (Å²) in [5.74, 6) is -0.389. The van der Waals surface area contributed by atoms with Crippen molar-refractivity contribution in [2.24, 2.45) is 5.92 Å². The smallest absolute Gasteiger partial charge is 0.303 e. The largest absolute Gasteiger partial charge is 0.481 e. The second-order valence-corrected chi connectivity index (χ2v) is 9.88. The van der Waals surface area contributed by atoms with Crippen molar-refractivity contribution in [3.05, 3.63) is 83.9 Å². The summed E-state index contributed by atoms with van der Waals surface area (Å²) < 4.78 is 6.30. The first-order valence-corrected chi connectivity index (χ1v) is 13.3. The zero-order valence-corrected chi connectivity index (χ0v) is 21.6. The van der Waals surface area contributed by atoms with Gasteiger partial charge in [0.25, 0.3) is 0 Å². The van der Waals surface area contributed by atoms with Gasteiger partial charge < -0.3 is 9.84 Å². The Bertz CT molecular complexity index is 944. The van der Waals surface area contributed by atoms with Crippen molar-refractivity contribution in [1.29, 1.82) is 0 Å². The van der Waals surface area contributed by atoms with E-state index in [1.807, 2.05) is 30.3 Å². The van der Waals surface area contributed by atoms with Gasteiger partial charge in [0.15, 0.2) is 5.78 Å². The predicted molar refractivity (Wildman–Crippen MR) is 144 cm³/mol. The molecule has 3 rings (SSSR count). The van der Waals surface area contributed by atoms with Crippen LogP contribution in [0.1, 0.15) is 62.5 Å². The topological polar surface area (TPSA) is 66.8 Å². The number of carbonyl (C=O) groups is 2. The lowest BCUT2D eigenvalue weighted by atomic mass is 9.95. The van der Waals surface area contributed by atoms with Crippen molar-refractivity contribution < 1.29 is 19.4 Å². The molecule has 2 aromatic carbocycles. The first-order chi connectivity index (χ1) is 17.5. The Kier molecular flexibility index (Phi) is 11.9. The number of ketones is 1. The summed E-state index contributed by atoms with van der Waals surface area (Å²) in [6, 6.07) is 20.5. The molecule has 1 saturated carbocycles. The first-order valence-electron chi connectivity index (χ1n) is 13.3. The second kappa shape index (κ2) is 15.4. The number of rotatable bonds is 16. The molecule has 5 nitrogen and oxygen atoms in total. The molecule has 1 aliphatic carbocycles. The molecule has 5 heteroatoms. The molecule has 0 spiro atoms. The Hall–Kier alpha value is -2.76. The average molecular weight is 492 g/mol. The summed E-state index contributed by atoms with van der Waals surface area (Å²) in [6.07, 6.45) is 11.3. The number of benzene rings is 2. The highest BCUT2D eigenvalue weighted by Crippen LogP contribution is 2.33. The Labute approximate surface area is 216 Å². The normalized spacial score (nSPS) is 19.9. The van der Waals surface area contributed by atoms with Crippen LogP contribution in [0, 0.1) is 5.92 Å². The van der Waals surface area contributed by atoms with Crippen LogP contribution in [0.2, 0.25) is 0 Å². The van der Waals surface area contributed by atoms with Crippen molar-refractivity contribution in [3.63, 3.8) is 0 Å². The summed E-state index contributed by atoms with van der Waals surface area (Å²) >= 11 is 0. The third-order valence-electron chi connectivity index (χ3n) is 7.05. The van der Waals surface area contributed by atoms with Crippen molar-refractivity contribution in [2.45, 2.75) is 76.5 Å². The quantitative estimate of drug-likeness (QED) is 0.228. The van der Waals surface area contributed by atoms with Crippen LogP contribution in [-0.2, 0) is 27.4 Å². The second-order valence-electron chi connectivity index (χ2n) is 9.88. The fourth-order valence-corrected chi connectivity index (χ4v) is 5.12. The Morgan fingerprint density at radius 2 is 1.67 bits per heavy atom. The maximum absolute atomic E-state index is 13.1. The number of carboxylic acid groups (broad SMARTS) is 1. The van der Waals surface area contributed by atoms with Gasteiger partial charge in [-0.15, -0.1) is 0 Å². The third-order valence-corrected chi connectivity index (χ3v) is 7.05. The SMILES string of the molecule is CN(CCCCCc1ccccc1)[C@@H]1C(=O)C[C@@H](OCc2ccccc2)[C@H]1C/C=C\CCCC(=O)O. The van der Waals surface area contributed by atoms with E-state index in [0.29, 0.717) is 19.4 Å². The maximum Gasteiger partial charge on any atom is 0.303 e. The van der Waals surface area contributed by atoms with E-state index < -0.39 is 5.97 Å². The van der Waals surface area contributed by atoms with Gasteiger partial charge in [0.1, 0.15) is 0 Å². The molecule has 0 radical (unpaired) electrons. The molecule has 3 atom stereocenters. The fourth-order valence-electron chi connectivity index (χ4n) is 5.12. The van der Waals surface area contributed by atoms with Gasteiger partial charge in [0.2, 0.25) is 0 Å². The highest BCUT2D eigenvalue weighted by Gasteiger charge is 2.44. The summed E-state index contributed by atoms with van der Waals surface area (Å²) in [5, 5.41) is 8.83. The molecule has 194 valence electrons. The Balaban J connectivity index is 1.53. The number of allylic oxidation sites excluding steroid dienone is 2. The molecular weight excluding hydrogens is 450 g/mol. The fraction of sp³-hybridized carbons (Fsp3) is 0.484. The highest BCUT2D eigenvalue weighted by molar-refractivity contribution is 5.87. The van der Waals surface area contributed by atoms with E-state index in [2.05, 4.69) is 54.4 Å². The molecule has 0 amide bonds. The molecule has 0 unspecified atom stereocenters. The van der Waals surface area contributed by atoms with Crippen molar-refractivity contribution in [1.82, 2.24) is 4.90 Å².